The number of hydrogen-bond donors (Lipinski definition) is 0. The maximum atomic E-state index is 13.2. The smallest absolute Gasteiger partial charge is 0.261 e. The second-order valence-electron chi connectivity index (χ2n) is 8.17. The minimum atomic E-state index is -0.762. The molecule has 1 aliphatic carbocycles. The first kappa shape index (κ1) is 20.1. The molecule has 1 aliphatic heterocycles. The predicted molar refractivity (Wildman–Crippen MR) is 113 cm³/mol. The predicted octanol–water partition coefficient (Wildman–Crippen LogP) is 3.51. The minimum Gasteiger partial charge on any atom is -0.484 e. The van der Waals surface area contributed by atoms with E-state index in [4.69, 9.17) is 4.74 Å². The van der Waals surface area contributed by atoms with Gasteiger partial charge in [0.25, 0.3) is 11.8 Å². The molecule has 2 aromatic carbocycles. The summed E-state index contributed by atoms with van der Waals surface area (Å²) in [5, 5.41) is 0. The fourth-order valence-corrected chi connectivity index (χ4v) is 3.83. The van der Waals surface area contributed by atoms with E-state index in [0.29, 0.717) is 17.4 Å². The van der Waals surface area contributed by atoms with Crippen molar-refractivity contribution in [1.82, 2.24) is 4.90 Å². The van der Waals surface area contributed by atoms with Crippen LogP contribution < -0.4 is 9.64 Å². The number of benzene rings is 2. The third kappa shape index (κ3) is 4.08. The number of ether oxygens (including phenoxy) is 1. The zero-order valence-electron chi connectivity index (χ0n) is 17.3. The van der Waals surface area contributed by atoms with Crippen LogP contribution in [0.4, 0.5) is 5.69 Å². The Hall–Kier alpha value is -3.15. The average Bonchev–Trinajstić information content (AvgIpc) is 3.53. The standard InChI is InChI=1S/C24H26N2O4/c1-16(2)17-8-10-19(11-9-17)26-22(27)14-21(24(26)29)25(18-12-13-18)23(28)15-30-20-6-4-3-5-7-20/h3-11,16,18,21H,12-15H2,1-2H3. The van der Waals surface area contributed by atoms with Crippen molar-refractivity contribution in [1.29, 1.82) is 0 Å². The van der Waals surface area contributed by atoms with Crippen molar-refractivity contribution in [3.63, 3.8) is 0 Å². The van der Waals surface area contributed by atoms with Crippen molar-refractivity contribution >= 4 is 23.4 Å². The van der Waals surface area contributed by atoms with Crippen molar-refractivity contribution in [2.45, 2.75) is 51.1 Å². The van der Waals surface area contributed by atoms with Crippen LogP contribution in [0.2, 0.25) is 0 Å². The maximum absolute atomic E-state index is 13.2. The summed E-state index contributed by atoms with van der Waals surface area (Å²) in [7, 11) is 0. The number of imide groups is 1. The fourth-order valence-electron chi connectivity index (χ4n) is 3.83. The molecule has 4 rings (SSSR count). The molecule has 0 aromatic heterocycles. The second kappa shape index (κ2) is 8.30. The normalized spacial score (nSPS) is 18.8. The van der Waals surface area contributed by atoms with Crippen LogP contribution >= 0.6 is 0 Å². The lowest BCUT2D eigenvalue weighted by Crippen LogP contribution is -2.48. The van der Waals surface area contributed by atoms with E-state index in [1.165, 1.54) is 4.90 Å². The molecule has 156 valence electrons. The molecule has 1 saturated heterocycles. The van der Waals surface area contributed by atoms with Crippen LogP contribution in [0.5, 0.6) is 5.75 Å². The van der Waals surface area contributed by atoms with Crippen molar-refractivity contribution in [2.24, 2.45) is 0 Å². The van der Waals surface area contributed by atoms with Gasteiger partial charge in [-0.1, -0.05) is 44.2 Å². The Kier molecular flexibility index (Phi) is 5.57. The molecule has 3 amide bonds. The van der Waals surface area contributed by atoms with Gasteiger partial charge in [-0.05, 0) is 48.6 Å². The quantitative estimate of drug-likeness (QED) is 0.660. The Bertz CT molecular complexity index is 935. The molecule has 2 aliphatic rings. The van der Waals surface area contributed by atoms with E-state index in [2.05, 4.69) is 13.8 Å². The summed E-state index contributed by atoms with van der Waals surface area (Å²) < 4.78 is 5.59. The zero-order chi connectivity index (χ0) is 21.3. The van der Waals surface area contributed by atoms with Crippen molar-refractivity contribution < 1.29 is 19.1 Å². The van der Waals surface area contributed by atoms with Gasteiger partial charge in [-0.25, -0.2) is 4.90 Å². The lowest BCUT2D eigenvalue weighted by Gasteiger charge is -2.27. The van der Waals surface area contributed by atoms with Crippen LogP contribution in [-0.4, -0.2) is 41.3 Å². The van der Waals surface area contributed by atoms with Crippen molar-refractivity contribution in [3.05, 3.63) is 60.2 Å². The number of carbonyl (C=O) groups is 3. The summed E-state index contributed by atoms with van der Waals surface area (Å²) in [6, 6.07) is 15.8. The summed E-state index contributed by atoms with van der Waals surface area (Å²) in [6.07, 6.45) is 1.70. The van der Waals surface area contributed by atoms with Crippen LogP contribution in [0.1, 0.15) is 44.6 Å². The van der Waals surface area contributed by atoms with Gasteiger partial charge in [0, 0.05) is 6.04 Å². The first-order chi connectivity index (χ1) is 14.5. The lowest BCUT2D eigenvalue weighted by molar-refractivity contribution is -0.140. The molecular formula is C24H26N2O4. The van der Waals surface area contributed by atoms with E-state index in [1.54, 1.807) is 29.2 Å². The highest BCUT2D eigenvalue weighted by Gasteiger charge is 2.48. The van der Waals surface area contributed by atoms with E-state index in [0.717, 1.165) is 18.4 Å². The molecule has 1 atom stereocenters. The second-order valence-corrected chi connectivity index (χ2v) is 8.17. The molecule has 1 unspecified atom stereocenters. The number of rotatable bonds is 7. The van der Waals surface area contributed by atoms with Crippen molar-refractivity contribution in [3.8, 4) is 5.75 Å². The van der Waals surface area contributed by atoms with Gasteiger partial charge in [0.2, 0.25) is 5.91 Å². The van der Waals surface area contributed by atoms with Crippen molar-refractivity contribution in [2.75, 3.05) is 11.5 Å². The number of nitrogens with zero attached hydrogens (tertiary/aromatic N) is 2. The van der Waals surface area contributed by atoms with Gasteiger partial charge >= 0.3 is 0 Å². The van der Waals surface area contributed by atoms with Crippen LogP contribution in [-0.2, 0) is 14.4 Å². The first-order valence-corrected chi connectivity index (χ1v) is 10.4. The van der Waals surface area contributed by atoms with Gasteiger partial charge in [0.1, 0.15) is 11.8 Å². The number of para-hydroxylation sites is 1. The third-order valence-electron chi connectivity index (χ3n) is 5.61. The Balaban J connectivity index is 1.49. The summed E-state index contributed by atoms with van der Waals surface area (Å²) >= 11 is 0. The number of amides is 3. The molecule has 0 radical (unpaired) electrons. The Labute approximate surface area is 176 Å². The van der Waals surface area contributed by atoms with Gasteiger partial charge in [-0.3, -0.25) is 14.4 Å². The van der Waals surface area contributed by atoms with Gasteiger partial charge in [0.15, 0.2) is 6.61 Å². The average molecular weight is 406 g/mol. The van der Waals surface area contributed by atoms with Crippen LogP contribution in [0.3, 0.4) is 0 Å². The fraction of sp³-hybridized carbons (Fsp3) is 0.375. The van der Waals surface area contributed by atoms with Crippen LogP contribution in [0.25, 0.3) is 0 Å². The monoisotopic (exact) mass is 406 g/mol. The van der Waals surface area contributed by atoms with Gasteiger partial charge < -0.3 is 9.64 Å². The summed E-state index contributed by atoms with van der Waals surface area (Å²) in [5.41, 5.74) is 1.70. The van der Waals surface area contributed by atoms with E-state index in [1.807, 2.05) is 30.3 Å². The highest BCUT2D eigenvalue weighted by atomic mass is 16.5. The molecule has 2 aromatic rings. The lowest BCUT2D eigenvalue weighted by atomic mass is 10.0. The summed E-state index contributed by atoms with van der Waals surface area (Å²) in [5.74, 6) is 0.0955. The van der Waals surface area contributed by atoms with E-state index in [-0.39, 0.29) is 36.8 Å². The zero-order valence-corrected chi connectivity index (χ0v) is 17.3. The molecule has 1 heterocycles. The largest absolute Gasteiger partial charge is 0.484 e. The molecule has 6 heteroatoms. The number of carbonyl (C=O) groups excluding carboxylic acids is 3. The Morgan fingerprint density at radius 1 is 1.07 bits per heavy atom. The number of anilines is 1. The number of hydrogen-bond acceptors (Lipinski definition) is 4. The Morgan fingerprint density at radius 3 is 2.33 bits per heavy atom. The van der Waals surface area contributed by atoms with E-state index in [9.17, 15) is 14.4 Å². The highest BCUT2D eigenvalue weighted by molar-refractivity contribution is 6.23. The molecule has 0 bridgehead atoms. The van der Waals surface area contributed by atoms with E-state index < -0.39 is 6.04 Å². The van der Waals surface area contributed by atoms with Gasteiger partial charge in [-0.15, -0.1) is 0 Å². The molecule has 0 N–H and O–H groups in total. The third-order valence-corrected chi connectivity index (χ3v) is 5.61. The molecule has 6 nitrogen and oxygen atoms in total. The van der Waals surface area contributed by atoms with Crippen LogP contribution in [0, 0.1) is 0 Å². The van der Waals surface area contributed by atoms with Gasteiger partial charge in [-0.2, -0.15) is 0 Å². The molecule has 0 spiro atoms. The Morgan fingerprint density at radius 2 is 1.73 bits per heavy atom. The minimum absolute atomic E-state index is 0.00175. The highest BCUT2D eigenvalue weighted by Crippen LogP contribution is 2.34. The van der Waals surface area contributed by atoms with Gasteiger partial charge in [0.05, 0.1) is 12.1 Å². The summed E-state index contributed by atoms with van der Waals surface area (Å²) in [6.45, 7) is 4.03. The first-order valence-electron chi connectivity index (χ1n) is 10.4. The SMILES string of the molecule is CC(C)c1ccc(N2C(=O)CC(N(C(=O)COc3ccccc3)C3CC3)C2=O)cc1. The maximum Gasteiger partial charge on any atom is 0.261 e. The topological polar surface area (TPSA) is 66.9 Å². The molecular weight excluding hydrogens is 380 g/mol. The van der Waals surface area contributed by atoms with Crippen LogP contribution in [0.15, 0.2) is 54.6 Å². The summed E-state index contributed by atoms with van der Waals surface area (Å²) in [4.78, 5) is 41.6. The molecule has 2 fully saturated rings. The molecule has 30 heavy (non-hydrogen) atoms. The van der Waals surface area contributed by atoms with E-state index >= 15 is 0 Å². The molecule has 1 saturated carbocycles.